The first kappa shape index (κ1) is 25.7. The van der Waals surface area contributed by atoms with Gasteiger partial charge in [-0.15, -0.1) is 24.0 Å². The van der Waals surface area contributed by atoms with Crippen LogP contribution in [0, 0.1) is 0 Å². The van der Waals surface area contributed by atoms with Crippen LogP contribution in [0.5, 0.6) is 0 Å². The Balaban J connectivity index is 0.00000341. The summed E-state index contributed by atoms with van der Waals surface area (Å²) in [7, 11) is 3.08. The van der Waals surface area contributed by atoms with Crippen molar-refractivity contribution in [1.82, 2.24) is 29.8 Å². The quantitative estimate of drug-likeness (QED) is 0.348. The zero-order valence-corrected chi connectivity index (χ0v) is 20.3. The number of hydrogen-bond acceptors (Lipinski definition) is 4. The van der Waals surface area contributed by atoms with E-state index in [4.69, 9.17) is 0 Å². The maximum Gasteiger partial charge on any atom is 0.435 e. The van der Waals surface area contributed by atoms with Crippen molar-refractivity contribution in [1.29, 1.82) is 0 Å². The van der Waals surface area contributed by atoms with Gasteiger partial charge in [0, 0.05) is 71.7 Å². The van der Waals surface area contributed by atoms with Crippen LogP contribution >= 0.6 is 24.0 Å². The summed E-state index contributed by atoms with van der Waals surface area (Å²) in [5.74, 6) is 0.732. The van der Waals surface area contributed by atoms with Gasteiger partial charge in [-0.3, -0.25) is 19.4 Å². The lowest BCUT2D eigenvalue weighted by Crippen LogP contribution is -2.54. The van der Waals surface area contributed by atoms with Crippen molar-refractivity contribution in [3.05, 3.63) is 17.5 Å². The third-order valence-electron chi connectivity index (χ3n) is 5.56. The van der Waals surface area contributed by atoms with Crippen molar-refractivity contribution in [2.75, 3.05) is 52.9 Å². The normalized spacial score (nSPS) is 18.7. The van der Waals surface area contributed by atoms with Crippen LogP contribution in [-0.4, -0.2) is 89.2 Å². The largest absolute Gasteiger partial charge is 0.435 e. The fourth-order valence-electron chi connectivity index (χ4n) is 3.96. The van der Waals surface area contributed by atoms with E-state index in [1.54, 1.807) is 7.05 Å². The Morgan fingerprint density at radius 3 is 2.32 bits per heavy atom. The zero-order chi connectivity index (χ0) is 21.7. The Kier molecular flexibility index (Phi) is 9.40. The highest BCUT2D eigenvalue weighted by molar-refractivity contribution is 14.0. The van der Waals surface area contributed by atoms with Gasteiger partial charge in [-0.25, -0.2) is 0 Å². The molecule has 1 aromatic rings. The second-order valence-electron chi connectivity index (χ2n) is 7.78. The van der Waals surface area contributed by atoms with Crippen molar-refractivity contribution in [3.8, 4) is 0 Å². The molecule has 31 heavy (non-hydrogen) atoms. The summed E-state index contributed by atoms with van der Waals surface area (Å²) in [6.07, 6.45) is 0.225. The maximum atomic E-state index is 13.1. The molecule has 3 rings (SSSR count). The number of amides is 1. The Morgan fingerprint density at radius 2 is 1.74 bits per heavy atom. The molecule has 2 fully saturated rings. The Morgan fingerprint density at radius 1 is 1.10 bits per heavy atom. The Labute approximate surface area is 197 Å². The van der Waals surface area contributed by atoms with E-state index in [1.165, 1.54) is 24.3 Å². The van der Waals surface area contributed by atoms with Crippen LogP contribution in [0.1, 0.15) is 30.5 Å². The number of halogens is 4. The number of hydrogen-bond donors (Lipinski definition) is 1. The van der Waals surface area contributed by atoms with E-state index in [0.717, 1.165) is 25.9 Å². The van der Waals surface area contributed by atoms with Crippen LogP contribution in [0.2, 0.25) is 0 Å². The summed E-state index contributed by atoms with van der Waals surface area (Å²) in [5.41, 5.74) is -0.800. The highest BCUT2D eigenvalue weighted by Gasteiger charge is 2.37. The minimum atomic E-state index is -4.49. The van der Waals surface area contributed by atoms with E-state index in [2.05, 4.69) is 20.3 Å². The third-order valence-corrected chi connectivity index (χ3v) is 5.56. The maximum absolute atomic E-state index is 13.1. The van der Waals surface area contributed by atoms with Crippen molar-refractivity contribution in [2.45, 2.75) is 32.0 Å². The molecule has 0 bridgehead atoms. The van der Waals surface area contributed by atoms with E-state index in [1.807, 2.05) is 9.80 Å². The topological polar surface area (TPSA) is 69.0 Å². The molecule has 0 radical (unpaired) electrons. The summed E-state index contributed by atoms with van der Waals surface area (Å²) in [5, 5.41) is 6.55. The number of piperidine rings is 1. The van der Waals surface area contributed by atoms with Gasteiger partial charge in [0.05, 0.1) is 6.54 Å². The van der Waals surface area contributed by atoms with E-state index in [-0.39, 0.29) is 42.0 Å². The van der Waals surface area contributed by atoms with Crippen LogP contribution in [-0.2, 0) is 24.6 Å². The summed E-state index contributed by atoms with van der Waals surface area (Å²) < 4.78 is 40.5. The minimum Gasteiger partial charge on any atom is -0.352 e. The molecule has 0 atom stereocenters. The lowest BCUT2D eigenvalue weighted by molar-refractivity contribution is -0.142. The predicted octanol–water partition coefficient (Wildman–Crippen LogP) is 1.76. The lowest BCUT2D eigenvalue weighted by atomic mass is 10.1. The number of guanidine groups is 1. The minimum absolute atomic E-state index is 0. The molecule has 2 saturated heterocycles. The molecule has 0 spiro atoms. The number of alkyl halides is 3. The summed E-state index contributed by atoms with van der Waals surface area (Å²) in [6.45, 7) is 4.85. The summed E-state index contributed by atoms with van der Waals surface area (Å²) in [4.78, 5) is 22.7. The van der Waals surface area contributed by atoms with E-state index in [0.29, 0.717) is 38.7 Å². The molecule has 176 valence electrons. The second-order valence-corrected chi connectivity index (χ2v) is 7.78. The fourth-order valence-corrected chi connectivity index (χ4v) is 3.96. The fraction of sp³-hybridized carbons (Fsp3) is 0.737. The molecule has 0 saturated carbocycles. The predicted molar refractivity (Wildman–Crippen MR) is 122 cm³/mol. The Hall–Kier alpha value is -1.57. The van der Waals surface area contributed by atoms with Gasteiger partial charge in [-0.2, -0.15) is 18.3 Å². The lowest BCUT2D eigenvalue weighted by Gasteiger charge is -2.37. The standard InChI is InChI=1S/C19H30F3N7O.HI/c1-23-18(24-12-15-13-26(2)25-17(15)19(20,21)22)29-10-8-27(9-11-29)14-16(30)28-6-4-3-5-7-28;/h13H,3-12,14H2,1-2H3,(H,23,24);1H. The monoisotopic (exact) mass is 557 g/mol. The van der Waals surface area contributed by atoms with Crippen molar-refractivity contribution in [2.24, 2.45) is 12.0 Å². The molecule has 1 aromatic heterocycles. The molecular formula is C19H31F3IN7O. The molecule has 1 amide bonds. The van der Waals surface area contributed by atoms with Crippen LogP contribution in [0.25, 0.3) is 0 Å². The highest BCUT2D eigenvalue weighted by atomic mass is 127. The average Bonchev–Trinajstić information content (AvgIpc) is 3.11. The molecule has 2 aliphatic rings. The number of likely N-dealkylation sites (tertiary alicyclic amines) is 1. The molecular weight excluding hydrogens is 526 g/mol. The van der Waals surface area contributed by atoms with Crippen LogP contribution in [0.15, 0.2) is 11.2 Å². The average molecular weight is 557 g/mol. The van der Waals surface area contributed by atoms with Crippen molar-refractivity contribution < 1.29 is 18.0 Å². The van der Waals surface area contributed by atoms with Crippen LogP contribution in [0.4, 0.5) is 13.2 Å². The van der Waals surface area contributed by atoms with Gasteiger partial charge in [-0.1, -0.05) is 0 Å². The van der Waals surface area contributed by atoms with Gasteiger partial charge in [0.1, 0.15) is 0 Å². The molecule has 1 N–H and O–H groups in total. The van der Waals surface area contributed by atoms with E-state index >= 15 is 0 Å². The molecule has 0 aromatic carbocycles. The van der Waals surface area contributed by atoms with Gasteiger partial charge >= 0.3 is 6.18 Å². The number of aryl methyl sites for hydroxylation is 1. The third kappa shape index (κ3) is 6.96. The zero-order valence-electron chi connectivity index (χ0n) is 18.0. The molecule has 2 aliphatic heterocycles. The second kappa shape index (κ2) is 11.3. The summed E-state index contributed by atoms with van der Waals surface area (Å²) in [6, 6.07) is 0. The molecule has 8 nitrogen and oxygen atoms in total. The number of aliphatic imine (C=N–C) groups is 1. The number of carbonyl (C=O) groups excluding carboxylic acids is 1. The highest BCUT2D eigenvalue weighted by Crippen LogP contribution is 2.30. The first-order valence-corrected chi connectivity index (χ1v) is 10.3. The van der Waals surface area contributed by atoms with Gasteiger partial charge in [-0.05, 0) is 19.3 Å². The smallest absolute Gasteiger partial charge is 0.352 e. The van der Waals surface area contributed by atoms with Crippen LogP contribution < -0.4 is 5.32 Å². The number of carbonyl (C=O) groups is 1. The summed E-state index contributed by atoms with van der Waals surface area (Å²) >= 11 is 0. The van der Waals surface area contributed by atoms with Crippen LogP contribution in [0.3, 0.4) is 0 Å². The van der Waals surface area contributed by atoms with Crippen molar-refractivity contribution in [3.63, 3.8) is 0 Å². The molecule has 0 aliphatic carbocycles. The van der Waals surface area contributed by atoms with Gasteiger partial charge < -0.3 is 15.1 Å². The van der Waals surface area contributed by atoms with E-state index < -0.39 is 11.9 Å². The first-order valence-electron chi connectivity index (χ1n) is 10.3. The number of nitrogens with zero attached hydrogens (tertiary/aromatic N) is 6. The van der Waals surface area contributed by atoms with Gasteiger partial charge in [0.15, 0.2) is 11.7 Å². The van der Waals surface area contributed by atoms with Crippen molar-refractivity contribution >= 4 is 35.8 Å². The molecule has 12 heteroatoms. The first-order chi connectivity index (χ1) is 14.3. The van der Waals surface area contributed by atoms with Gasteiger partial charge in [0.2, 0.25) is 5.91 Å². The number of piperazine rings is 1. The molecule has 3 heterocycles. The van der Waals surface area contributed by atoms with Gasteiger partial charge in [0.25, 0.3) is 0 Å². The van der Waals surface area contributed by atoms with E-state index in [9.17, 15) is 18.0 Å². The molecule has 0 unspecified atom stereocenters. The Bertz CT molecular complexity index is 754. The number of nitrogens with one attached hydrogen (secondary N) is 1. The SMILES string of the molecule is CN=C(NCc1cn(C)nc1C(F)(F)F)N1CCN(CC(=O)N2CCCCC2)CC1.I. The number of rotatable bonds is 4. The number of aromatic nitrogens is 2.